The number of halogens is 3. The van der Waals surface area contributed by atoms with E-state index in [1.165, 1.54) is 29.5 Å². The molecular weight excluding hydrogens is 311 g/mol. The Kier molecular flexibility index (Phi) is 4.29. The van der Waals surface area contributed by atoms with Gasteiger partial charge in [0, 0.05) is 12.6 Å². The molecule has 0 bridgehead atoms. The van der Waals surface area contributed by atoms with Crippen molar-refractivity contribution in [3.8, 4) is 5.75 Å². The molecule has 1 heterocycles. The van der Waals surface area contributed by atoms with Gasteiger partial charge in [0.05, 0.1) is 10.2 Å². The highest BCUT2D eigenvalue weighted by atomic mass is 32.1. The van der Waals surface area contributed by atoms with Crippen molar-refractivity contribution in [2.45, 2.75) is 13.3 Å². The molecule has 0 amide bonds. The number of fused-ring (bicyclic) bond motifs is 1. The smallest absolute Gasteiger partial charge is 0.406 e. The van der Waals surface area contributed by atoms with Crippen molar-refractivity contribution in [2.75, 3.05) is 11.9 Å². The van der Waals surface area contributed by atoms with Crippen molar-refractivity contribution in [2.24, 2.45) is 0 Å². The van der Waals surface area contributed by atoms with Crippen molar-refractivity contribution in [3.05, 3.63) is 18.2 Å². The van der Waals surface area contributed by atoms with Crippen molar-refractivity contribution >= 4 is 44.0 Å². The third-order valence-electron chi connectivity index (χ3n) is 2.15. The predicted molar refractivity (Wildman–Crippen MR) is 76.2 cm³/mol. The lowest BCUT2D eigenvalue weighted by Gasteiger charge is -2.07. The maximum absolute atomic E-state index is 12.1. The molecule has 0 spiro atoms. The summed E-state index contributed by atoms with van der Waals surface area (Å²) in [5, 5.41) is 6.68. The lowest BCUT2D eigenvalue weighted by Crippen LogP contribution is -2.27. The fourth-order valence-corrected chi connectivity index (χ4v) is 2.66. The first-order chi connectivity index (χ1) is 9.37. The number of hydrogen-bond donors (Lipinski definition) is 2. The Bertz CT molecular complexity index is 627. The number of aromatic nitrogens is 1. The van der Waals surface area contributed by atoms with E-state index in [0.29, 0.717) is 27.0 Å². The summed E-state index contributed by atoms with van der Waals surface area (Å²) in [6.45, 7) is 2.56. The van der Waals surface area contributed by atoms with E-state index in [1.807, 2.05) is 6.92 Å². The third-order valence-corrected chi connectivity index (χ3v) is 3.33. The van der Waals surface area contributed by atoms with E-state index in [1.54, 1.807) is 0 Å². The molecule has 108 valence electrons. The van der Waals surface area contributed by atoms with Crippen LogP contribution in [0.3, 0.4) is 0 Å². The Labute approximate surface area is 122 Å². The summed E-state index contributed by atoms with van der Waals surface area (Å²) in [5.41, 5.74) is 0.575. The van der Waals surface area contributed by atoms with Crippen molar-refractivity contribution in [1.82, 2.24) is 10.3 Å². The second-order valence-electron chi connectivity index (χ2n) is 3.68. The Morgan fingerprint density at radius 3 is 2.85 bits per heavy atom. The second kappa shape index (κ2) is 5.80. The Morgan fingerprint density at radius 2 is 2.20 bits per heavy atom. The number of rotatable bonds is 3. The molecule has 0 saturated heterocycles. The summed E-state index contributed by atoms with van der Waals surface area (Å²) in [5.74, 6) is -0.269. The molecule has 2 N–H and O–H groups in total. The standard InChI is InChI=1S/C11H10F3N3OS2/c1-2-15-9(19)17-10-16-7-4-3-6(5-8(7)20-10)18-11(12,13)14/h3-5H,2H2,1H3,(H2,15,16,17,19). The van der Waals surface area contributed by atoms with Crippen LogP contribution in [-0.2, 0) is 0 Å². The molecule has 2 aromatic rings. The quantitative estimate of drug-likeness (QED) is 0.847. The highest BCUT2D eigenvalue weighted by Crippen LogP contribution is 2.31. The molecule has 1 aromatic carbocycles. The molecule has 0 atom stereocenters. The molecular formula is C11H10F3N3OS2. The lowest BCUT2D eigenvalue weighted by molar-refractivity contribution is -0.274. The molecule has 0 unspecified atom stereocenters. The van der Waals surface area contributed by atoms with E-state index in [2.05, 4.69) is 20.4 Å². The second-order valence-corrected chi connectivity index (χ2v) is 5.12. The molecule has 0 aliphatic heterocycles. The number of hydrogen-bond acceptors (Lipinski definition) is 4. The van der Waals surface area contributed by atoms with Crippen LogP contribution in [-0.4, -0.2) is 23.0 Å². The summed E-state index contributed by atoms with van der Waals surface area (Å²) < 4.78 is 40.8. The van der Waals surface area contributed by atoms with Gasteiger partial charge in [-0.05, 0) is 31.3 Å². The average Bonchev–Trinajstić information content (AvgIpc) is 2.68. The van der Waals surface area contributed by atoms with Gasteiger partial charge >= 0.3 is 6.36 Å². The van der Waals surface area contributed by atoms with Crippen LogP contribution in [0.5, 0.6) is 5.75 Å². The minimum absolute atomic E-state index is 0.269. The van der Waals surface area contributed by atoms with Crippen molar-refractivity contribution in [3.63, 3.8) is 0 Å². The minimum atomic E-state index is -4.70. The number of benzene rings is 1. The highest BCUT2D eigenvalue weighted by molar-refractivity contribution is 7.80. The zero-order valence-corrected chi connectivity index (χ0v) is 11.9. The molecule has 2 rings (SSSR count). The molecule has 1 aromatic heterocycles. The summed E-state index contributed by atoms with van der Waals surface area (Å²) >= 11 is 6.20. The van der Waals surface area contributed by atoms with E-state index >= 15 is 0 Å². The number of anilines is 1. The first-order valence-corrected chi connectivity index (χ1v) is 6.81. The van der Waals surface area contributed by atoms with Gasteiger partial charge in [-0.15, -0.1) is 13.2 Å². The molecule has 0 radical (unpaired) electrons. The number of thiocarbonyl (C=S) groups is 1. The average molecular weight is 321 g/mol. The lowest BCUT2D eigenvalue weighted by atomic mass is 10.3. The van der Waals surface area contributed by atoms with E-state index in [-0.39, 0.29) is 5.75 Å². The third kappa shape index (κ3) is 3.94. The van der Waals surface area contributed by atoms with Gasteiger partial charge < -0.3 is 15.4 Å². The van der Waals surface area contributed by atoms with Crippen molar-refractivity contribution in [1.29, 1.82) is 0 Å². The predicted octanol–water partition coefficient (Wildman–Crippen LogP) is 3.50. The fraction of sp³-hybridized carbons (Fsp3) is 0.273. The first-order valence-electron chi connectivity index (χ1n) is 5.58. The van der Waals surface area contributed by atoms with Crippen LogP contribution < -0.4 is 15.4 Å². The zero-order valence-electron chi connectivity index (χ0n) is 10.2. The van der Waals surface area contributed by atoms with E-state index < -0.39 is 6.36 Å². The minimum Gasteiger partial charge on any atom is -0.406 e. The van der Waals surface area contributed by atoms with Crippen LogP contribution in [0, 0.1) is 0 Å². The molecule has 0 saturated carbocycles. The van der Waals surface area contributed by atoms with Gasteiger partial charge in [0.15, 0.2) is 10.2 Å². The normalized spacial score (nSPS) is 11.4. The van der Waals surface area contributed by atoms with Gasteiger partial charge in [-0.3, -0.25) is 0 Å². The van der Waals surface area contributed by atoms with Gasteiger partial charge in [-0.2, -0.15) is 0 Å². The fourth-order valence-electron chi connectivity index (χ4n) is 1.46. The van der Waals surface area contributed by atoms with Crippen LogP contribution in [0.1, 0.15) is 6.92 Å². The van der Waals surface area contributed by atoms with Crippen LogP contribution in [0.25, 0.3) is 10.2 Å². The van der Waals surface area contributed by atoms with Crippen molar-refractivity contribution < 1.29 is 17.9 Å². The largest absolute Gasteiger partial charge is 0.573 e. The van der Waals surface area contributed by atoms with Crippen LogP contribution in [0.2, 0.25) is 0 Å². The van der Waals surface area contributed by atoms with Gasteiger partial charge in [0.25, 0.3) is 0 Å². The summed E-state index contributed by atoms with van der Waals surface area (Å²) in [6.07, 6.45) is -4.70. The Hall–Kier alpha value is -1.61. The Morgan fingerprint density at radius 1 is 1.45 bits per heavy atom. The van der Waals surface area contributed by atoms with Gasteiger partial charge in [0.1, 0.15) is 5.75 Å². The number of alkyl halides is 3. The van der Waals surface area contributed by atoms with Gasteiger partial charge in [-0.25, -0.2) is 4.98 Å². The number of nitrogens with one attached hydrogen (secondary N) is 2. The van der Waals surface area contributed by atoms with E-state index in [9.17, 15) is 13.2 Å². The molecule has 9 heteroatoms. The summed E-state index contributed by atoms with van der Waals surface area (Å²) in [4.78, 5) is 4.22. The first kappa shape index (κ1) is 14.8. The van der Waals surface area contributed by atoms with Crippen LogP contribution in [0.4, 0.5) is 18.3 Å². The van der Waals surface area contributed by atoms with Gasteiger partial charge in [-0.1, -0.05) is 11.3 Å². The number of nitrogens with zero attached hydrogens (tertiary/aromatic N) is 1. The molecule has 4 nitrogen and oxygen atoms in total. The maximum Gasteiger partial charge on any atom is 0.573 e. The van der Waals surface area contributed by atoms with Crippen LogP contribution in [0.15, 0.2) is 18.2 Å². The van der Waals surface area contributed by atoms with Gasteiger partial charge in [0.2, 0.25) is 0 Å². The summed E-state index contributed by atoms with van der Waals surface area (Å²) in [7, 11) is 0. The monoisotopic (exact) mass is 321 g/mol. The molecule has 0 aliphatic carbocycles. The summed E-state index contributed by atoms with van der Waals surface area (Å²) in [6, 6.07) is 3.98. The van der Waals surface area contributed by atoms with E-state index in [0.717, 1.165) is 0 Å². The van der Waals surface area contributed by atoms with E-state index in [4.69, 9.17) is 12.2 Å². The topological polar surface area (TPSA) is 46.2 Å². The number of thiazole rings is 1. The Balaban J connectivity index is 2.19. The molecule has 0 aliphatic rings. The molecule has 0 fully saturated rings. The number of ether oxygens (including phenoxy) is 1. The molecule has 20 heavy (non-hydrogen) atoms. The van der Waals surface area contributed by atoms with Crippen LogP contribution >= 0.6 is 23.6 Å². The highest BCUT2D eigenvalue weighted by Gasteiger charge is 2.31. The zero-order chi connectivity index (χ0) is 14.8. The maximum atomic E-state index is 12.1. The SMILES string of the molecule is CCNC(=S)Nc1nc2ccc(OC(F)(F)F)cc2s1.